The number of rotatable bonds is 2. The Balaban J connectivity index is 2.85. The molecule has 0 heterocycles. The number of benzene rings is 1. The molecule has 0 aliphatic heterocycles. The molecule has 0 atom stereocenters. The van der Waals surface area contributed by atoms with Gasteiger partial charge in [0.05, 0.1) is 0 Å². The molecule has 2 heteroatoms. The van der Waals surface area contributed by atoms with Crippen LogP contribution >= 0.6 is 0 Å². The summed E-state index contributed by atoms with van der Waals surface area (Å²) >= 11 is 1.72. The van der Waals surface area contributed by atoms with Crippen LogP contribution in [-0.2, 0) is 23.3 Å². The second-order valence-electron chi connectivity index (χ2n) is 2.20. The molecule has 0 saturated heterocycles. The van der Waals surface area contributed by atoms with Crippen LogP contribution < -0.4 is 5.19 Å². The summed E-state index contributed by atoms with van der Waals surface area (Å²) in [6.45, 7) is 2.29. The van der Waals surface area contributed by atoms with Gasteiger partial charge in [-0.3, -0.25) is 0 Å². The summed E-state index contributed by atoms with van der Waals surface area (Å²) in [5.74, 6) is 0. The van der Waals surface area contributed by atoms with Gasteiger partial charge in [0.25, 0.3) is 0 Å². The molecule has 0 aliphatic carbocycles. The van der Waals surface area contributed by atoms with E-state index in [4.69, 9.17) is 0 Å². The Morgan fingerprint density at radius 1 is 1.30 bits per heavy atom. The second-order valence-corrected chi connectivity index (χ2v) is 8.89. The Hall–Kier alpha value is 0.320. The molecule has 0 nitrogen and oxygen atoms in total. The summed E-state index contributed by atoms with van der Waals surface area (Å²) in [4.78, 5) is 0. The summed E-state index contributed by atoms with van der Waals surface area (Å²) in [5.41, 5.74) is -0.117. The topological polar surface area (TPSA) is 0 Å². The van der Waals surface area contributed by atoms with Crippen LogP contribution in [0.1, 0.15) is 6.92 Å². The Morgan fingerprint density at radius 2 is 1.90 bits per heavy atom. The molecule has 10 heavy (non-hydrogen) atoms. The van der Waals surface area contributed by atoms with Crippen molar-refractivity contribution in [3.05, 3.63) is 30.3 Å². The average molecular weight is 225 g/mol. The van der Waals surface area contributed by atoms with Crippen LogP contribution in [0.4, 0.5) is 0 Å². The molecule has 0 N–H and O–H groups in total. The summed E-state index contributed by atoms with van der Waals surface area (Å²) in [6.07, 6.45) is 0. The quantitative estimate of drug-likeness (QED) is 0.669. The molecule has 0 unspecified atom stereocenters. The second kappa shape index (κ2) is 4.25. The minimum absolute atomic E-state index is 0.117. The van der Waals surface area contributed by atoms with Gasteiger partial charge in [-0.25, -0.2) is 0 Å². The monoisotopic (exact) mass is 224 g/mol. The van der Waals surface area contributed by atoms with Crippen LogP contribution in [0.25, 0.3) is 0 Å². The molecular weight excluding hydrogens is 215 g/mol. The van der Waals surface area contributed by atoms with E-state index in [1.807, 2.05) is 0 Å². The van der Waals surface area contributed by atoms with Gasteiger partial charge in [-0.05, 0) is 0 Å². The van der Waals surface area contributed by atoms with Crippen molar-refractivity contribution in [1.82, 2.24) is 0 Å². The molecule has 0 aliphatic rings. The van der Waals surface area contributed by atoms with Crippen molar-refractivity contribution in [3.63, 3.8) is 0 Å². The zero-order valence-electron chi connectivity index (χ0n) is 6.09. The summed E-state index contributed by atoms with van der Waals surface area (Å²) in [5, 5.41) is 1.59. The molecule has 1 rings (SSSR count). The average Bonchev–Trinajstić information content (AvgIpc) is 2.05. The standard InChI is InChI=1S/C8H10Si.Zr/c1-2-9-8-6-4-3-5-7-8;/h3-7H,2H2,1H3;/q;+2. The first-order valence-electron chi connectivity index (χ1n) is 3.47. The van der Waals surface area contributed by atoms with Crippen molar-refractivity contribution in [2.45, 2.75) is 13.0 Å². The predicted octanol–water partition coefficient (Wildman–Crippen LogP) is 1.45. The molecular formula is C8H10SiZr+2. The van der Waals surface area contributed by atoms with Crippen molar-refractivity contribution in [1.29, 1.82) is 0 Å². The fourth-order valence-corrected chi connectivity index (χ4v) is 3.08. The van der Waals surface area contributed by atoms with Gasteiger partial charge < -0.3 is 0 Å². The van der Waals surface area contributed by atoms with Crippen LogP contribution in [0.3, 0.4) is 0 Å². The molecule has 1 aromatic rings. The summed E-state index contributed by atoms with van der Waals surface area (Å²) < 4.78 is 0. The van der Waals surface area contributed by atoms with E-state index in [-0.39, 0.29) is 5.43 Å². The van der Waals surface area contributed by atoms with Gasteiger partial charge in [-0.1, -0.05) is 0 Å². The third-order valence-electron chi connectivity index (χ3n) is 1.48. The van der Waals surface area contributed by atoms with Crippen LogP contribution in [0.2, 0.25) is 6.04 Å². The van der Waals surface area contributed by atoms with E-state index in [0.29, 0.717) is 0 Å². The predicted molar refractivity (Wildman–Crippen MR) is 42.3 cm³/mol. The Labute approximate surface area is 77.0 Å². The first-order valence-corrected chi connectivity index (χ1v) is 8.87. The van der Waals surface area contributed by atoms with Gasteiger partial charge in [0, 0.05) is 0 Å². The fraction of sp³-hybridized carbons (Fsp3) is 0.250. The third kappa shape index (κ3) is 2.17. The molecule has 0 spiro atoms. The van der Waals surface area contributed by atoms with Crippen LogP contribution in [0, 0.1) is 0 Å². The van der Waals surface area contributed by atoms with Gasteiger partial charge in [0.15, 0.2) is 0 Å². The van der Waals surface area contributed by atoms with Gasteiger partial charge in [0.1, 0.15) is 0 Å². The molecule has 0 fully saturated rings. The van der Waals surface area contributed by atoms with Gasteiger partial charge in [0.2, 0.25) is 0 Å². The Kier molecular flexibility index (Phi) is 3.58. The molecule has 0 radical (unpaired) electrons. The van der Waals surface area contributed by atoms with Crippen molar-refractivity contribution in [3.8, 4) is 0 Å². The maximum atomic E-state index is 2.29. The van der Waals surface area contributed by atoms with Crippen molar-refractivity contribution in [2.24, 2.45) is 0 Å². The van der Waals surface area contributed by atoms with E-state index in [2.05, 4.69) is 37.3 Å². The van der Waals surface area contributed by atoms with E-state index in [9.17, 15) is 0 Å². The van der Waals surface area contributed by atoms with Crippen LogP contribution in [0.15, 0.2) is 30.3 Å². The van der Waals surface area contributed by atoms with Crippen molar-refractivity contribution < 1.29 is 23.3 Å². The van der Waals surface area contributed by atoms with Crippen LogP contribution in [-0.4, -0.2) is 5.43 Å². The Bertz CT molecular complexity index is 218. The molecule has 48 valence electrons. The zero-order valence-corrected chi connectivity index (χ0v) is 9.55. The fourth-order valence-electron chi connectivity index (χ4n) is 0.843. The molecule has 1 aromatic carbocycles. The van der Waals surface area contributed by atoms with E-state index in [1.165, 1.54) is 6.04 Å². The third-order valence-corrected chi connectivity index (χ3v) is 7.95. The summed E-state index contributed by atoms with van der Waals surface area (Å²) in [6, 6.07) is 12.2. The van der Waals surface area contributed by atoms with E-state index in [0.717, 1.165) is 0 Å². The number of hydrogen-bond donors (Lipinski definition) is 0. The normalized spacial score (nSPS) is 9.50. The van der Waals surface area contributed by atoms with Gasteiger partial charge in [-0.2, -0.15) is 0 Å². The van der Waals surface area contributed by atoms with Gasteiger partial charge in [-0.15, -0.1) is 0 Å². The SMILES string of the molecule is CC[Si](=[Zr+2])c1ccccc1. The van der Waals surface area contributed by atoms with Crippen molar-refractivity contribution >= 4 is 10.6 Å². The van der Waals surface area contributed by atoms with E-state index in [1.54, 1.807) is 28.5 Å². The molecule has 0 saturated carbocycles. The van der Waals surface area contributed by atoms with Gasteiger partial charge >= 0.3 is 77.3 Å². The van der Waals surface area contributed by atoms with Crippen LogP contribution in [0.5, 0.6) is 0 Å². The van der Waals surface area contributed by atoms with Crippen molar-refractivity contribution in [2.75, 3.05) is 0 Å². The first kappa shape index (κ1) is 8.42. The molecule has 0 bridgehead atoms. The Morgan fingerprint density at radius 3 is 2.40 bits per heavy atom. The first-order chi connectivity index (χ1) is 4.84. The molecule has 0 amide bonds. The zero-order chi connectivity index (χ0) is 7.40. The summed E-state index contributed by atoms with van der Waals surface area (Å²) in [7, 11) is 0. The number of hydrogen-bond acceptors (Lipinski definition) is 0. The van der Waals surface area contributed by atoms with E-state index >= 15 is 0 Å². The minimum atomic E-state index is -0.117. The molecule has 0 aromatic heterocycles. The maximum absolute atomic E-state index is 2.29. The van der Waals surface area contributed by atoms with E-state index < -0.39 is 0 Å².